The summed E-state index contributed by atoms with van der Waals surface area (Å²) in [5, 5.41) is 19.1. The first-order valence-electron chi connectivity index (χ1n) is 8.53. The van der Waals surface area contributed by atoms with Crippen molar-refractivity contribution < 1.29 is 14.7 Å². The molecule has 8 nitrogen and oxygen atoms in total. The highest BCUT2D eigenvalue weighted by atomic mass is 16.4. The monoisotopic (exact) mass is 367 g/mol. The molecule has 0 atom stereocenters. The molecule has 0 saturated heterocycles. The van der Waals surface area contributed by atoms with Crippen molar-refractivity contribution in [3.8, 4) is 0 Å². The van der Waals surface area contributed by atoms with Gasteiger partial charge in [-0.15, -0.1) is 5.10 Å². The van der Waals surface area contributed by atoms with Crippen LogP contribution < -0.4 is 5.32 Å². The number of hydrogen-bond donors (Lipinski definition) is 2. The fourth-order valence-corrected chi connectivity index (χ4v) is 2.94. The van der Waals surface area contributed by atoms with Gasteiger partial charge in [0.05, 0.1) is 18.3 Å². The Morgan fingerprint density at radius 2 is 1.93 bits per heavy atom. The van der Waals surface area contributed by atoms with Crippen LogP contribution in [-0.4, -0.2) is 36.5 Å². The van der Waals surface area contributed by atoms with Crippen LogP contribution in [0.3, 0.4) is 0 Å². The fourth-order valence-electron chi connectivity index (χ4n) is 2.94. The van der Waals surface area contributed by atoms with Gasteiger partial charge in [-0.25, -0.2) is 4.68 Å². The van der Waals surface area contributed by atoms with Crippen LogP contribution >= 0.6 is 0 Å². The van der Waals surface area contributed by atoms with Crippen LogP contribution in [0.15, 0.2) is 42.6 Å². The number of aromatic nitrogens is 4. The van der Waals surface area contributed by atoms with E-state index in [9.17, 15) is 9.59 Å². The van der Waals surface area contributed by atoms with E-state index in [1.165, 1.54) is 16.4 Å². The molecule has 0 radical (unpaired) electrons. The SMILES string of the molecule is Cc1cc(C(=O)NCc2cn(CC(=O)O)nn2)c(C)n1Cc1ccccc1. The first kappa shape index (κ1) is 18.4. The van der Waals surface area contributed by atoms with Gasteiger partial charge in [-0.05, 0) is 25.5 Å². The summed E-state index contributed by atoms with van der Waals surface area (Å²) in [7, 11) is 0. The summed E-state index contributed by atoms with van der Waals surface area (Å²) >= 11 is 0. The minimum Gasteiger partial charge on any atom is -0.480 e. The van der Waals surface area contributed by atoms with Gasteiger partial charge in [-0.2, -0.15) is 0 Å². The van der Waals surface area contributed by atoms with Crippen LogP contribution in [0, 0.1) is 13.8 Å². The Bertz CT molecular complexity index is 959. The largest absolute Gasteiger partial charge is 0.480 e. The minimum absolute atomic E-state index is 0.181. The summed E-state index contributed by atoms with van der Waals surface area (Å²) in [4.78, 5) is 23.2. The summed E-state index contributed by atoms with van der Waals surface area (Å²) < 4.78 is 3.32. The number of benzene rings is 1. The van der Waals surface area contributed by atoms with Crippen LogP contribution in [0.1, 0.15) is 33.0 Å². The van der Waals surface area contributed by atoms with Crippen molar-refractivity contribution in [1.82, 2.24) is 24.9 Å². The number of aryl methyl sites for hydroxylation is 1. The second-order valence-corrected chi connectivity index (χ2v) is 6.34. The van der Waals surface area contributed by atoms with Crippen molar-refractivity contribution in [2.24, 2.45) is 0 Å². The number of rotatable bonds is 7. The maximum absolute atomic E-state index is 12.6. The molecular weight excluding hydrogens is 346 g/mol. The van der Waals surface area contributed by atoms with E-state index >= 15 is 0 Å². The van der Waals surface area contributed by atoms with Crippen LogP contribution in [0.25, 0.3) is 0 Å². The molecule has 140 valence electrons. The van der Waals surface area contributed by atoms with E-state index in [0.29, 0.717) is 17.8 Å². The van der Waals surface area contributed by atoms with Crippen molar-refractivity contribution in [2.45, 2.75) is 33.5 Å². The number of carbonyl (C=O) groups excluding carboxylic acids is 1. The highest BCUT2D eigenvalue weighted by molar-refractivity contribution is 5.95. The van der Waals surface area contributed by atoms with Crippen molar-refractivity contribution in [3.05, 3.63) is 70.8 Å². The van der Waals surface area contributed by atoms with E-state index in [-0.39, 0.29) is 19.0 Å². The van der Waals surface area contributed by atoms with Gasteiger partial charge < -0.3 is 15.0 Å². The lowest BCUT2D eigenvalue weighted by molar-refractivity contribution is -0.137. The van der Waals surface area contributed by atoms with Gasteiger partial charge in [-0.3, -0.25) is 9.59 Å². The van der Waals surface area contributed by atoms with E-state index in [4.69, 9.17) is 5.11 Å². The Kier molecular flexibility index (Phi) is 5.35. The molecular formula is C19H21N5O3. The van der Waals surface area contributed by atoms with Crippen LogP contribution in [0.4, 0.5) is 0 Å². The molecule has 1 amide bonds. The first-order valence-corrected chi connectivity index (χ1v) is 8.53. The Balaban J connectivity index is 1.67. The number of aliphatic carboxylic acids is 1. The van der Waals surface area contributed by atoms with Gasteiger partial charge in [0, 0.05) is 17.9 Å². The summed E-state index contributed by atoms with van der Waals surface area (Å²) in [6.45, 7) is 4.52. The predicted molar refractivity (Wildman–Crippen MR) is 98.3 cm³/mol. The number of carboxylic acids is 1. The zero-order chi connectivity index (χ0) is 19.4. The van der Waals surface area contributed by atoms with Crippen molar-refractivity contribution in [1.29, 1.82) is 0 Å². The average molecular weight is 367 g/mol. The summed E-state index contributed by atoms with van der Waals surface area (Å²) in [5.41, 5.74) is 4.18. The Morgan fingerprint density at radius 1 is 1.19 bits per heavy atom. The zero-order valence-electron chi connectivity index (χ0n) is 15.2. The van der Waals surface area contributed by atoms with E-state index < -0.39 is 5.97 Å². The summed E-state index contributed by atoms with van der Waals surface area (Å²) in [5.74, 6) is -1.20. The van der Waals surface area contributed by atoms with Crippen LogP contribution in [0.5, 0.6) is 0 Å². The number of nitrogens with one attached hydrogen (secondary N) is 1. The molecule has 0 aliphatic rings. The lowest BCUT2D eigenvalue weighted by atomic mass is 10.2. The Hall–Kier alpha value is -3.42. The van der Waals surface area contributed by atoms with Gasteiger partial charge in [0.25, 0.3) is 5.91 Å². The summed E-state index contributed by atoms with van der Waals surface area (Å²) in [6.07, 6.45) is 1.51. The van der Waals surface area contributed by atoms with Crippen molar-refractivity contribution >= 4 is 11.9 Å². The second-order valence-electron chi connectivity index (χ2n) is 6.34. The number of carbonyl (C=O) groups is 2. The maximum Gasteiger partial charge on any atom is 0.325 e. The molecule has 0 fully saturated rings. The van der Waals surface area contributed by atoms with Gasteiger partial charge in [-0.1, -0.05) is 35.5 Å². The number of carboxylic acid groups (broad SMARTS) is 1. The quantitative estimate of drug-likeness (QED) is 0.662. The van der Waals surface area contributed by atoms with Crippen LogP contribution in [-0.2, 0) is 24.4 Å². The molecule has 27 heavy (non-hydrogen) atoms. The van der Waals surface area contributed by atoms with Gasteiger partial charge >= 0.3 is 5.97 Å². The van der Waals surface area contributed by atoms with Crippen molar-refractivity contribution in [3.63, 3.8) is 0 Å². The molecule has 2 heterocycles. The number of amides is 1. The average Bonchev–Trinajstić information content (AvgIpc) is 3.19. The Morgan fingerprint density at radius 3 is 2.63 bits per heavy atom. The van der Waals surface area contributed by atoms with E-state index in [2.05, 4.69) is 32.3 Å². The van der Waals surface area contributed by atoms with E-state index in [1.807, 2.05) is 38.1 Å². The first-order chi connectivity index (χ1) is 12.9. The molecule has 0 spiro atoms. The maximum atomic E-state index is 12.6. The zero-order valence-corrected chi connectivity index (χ0v) is 15.2. The molecule has 0 bridgehead atoms. The highest BCUT2D eigenvalue weighted by Crippen LogP contribution is 2.17. The van der Waals surface area contributed by atoms with Gasteiger partial charge in [0.15, 0.2) is 0 Å². The van der Waals surface area contributed by atoms with E-state index in [0.717, 1.165) is 11.4 Å². The van der Waals surface area contributed by atoms with Gasteiger partial charge in [0.2, 0.25) is 0 Å². The lowest BCUT2D eigenvalue weighted by Crippen LogP contribution is -2.23. The third kappa shape index (κ3) is 4.41. The molecule has 0 unspecified atom stereocenters. The topological polar surface area (TPSA) is 102 Å². The highest BCUT2D eigenvalue weighted by Gasteiger charge is 2.16. The Labute approximate surface area is 156 Å². The second kappa shape index (κ2) is 7.86. The number of nitrogens with zero attached hydrogens (tertiary/aromatic N) is 4. The fraction of sp³-hybridized carbons (Fsp3) is 0.263. The number of hydrogen-bond acceptors (Lipinski definition) is 4. The molecule has 0 aliphatic heterocycles. The molecule has 1 aromatic carbocycles. The lowest BCUT2D eigenvalue weighted by Gasteiger charge is -2.10. The smallest absolute Gasteiger partial charge is 0.325 e. The molecule has 0 saturated carbocycles. The van der Waals surface area contributed by atoms with Crippen molar-refractivity contribution in [2.75, 3.05) is 0 Å². The normalized spacial score (nSPS) is 10.7. The standard InChI is InChI=1S/C19H21N5O3/c1-13-8-17(14(2)24(13)10-15-6-4-3-5-7-15)19(27)20-9-16-11-23(22-21-16)12-18(25)26/h3-8,11H,9-10,12H2,1-2H3,(H,20,27)(H,25,26). The molecule has 8 heteroatoms. The molecule has 2 N–H and O–H groups in total. The van der Waals surface area contributed by atoms with E-state index in [1.54, 1.807) is 0 Å². The molecule has 3 rings (SSSR count). The molecule has 0 aliphatic carbocycles. The molecule has 3 aromatic rings. The van der Waals surface area contributed by atoms with Gasteiger partial charge in [0.1, 0.15) is 12.2 Å². The third-order valence-corrected chi connectivity index (χ3v) is 4.32. The predicted octanol–water partition coefficient (Wildman–Crippen LogP) is 1.76. The minimum atomic E-state index is -0.999. The van der Waals surface area contributed by atoms with Crippen LogP contribution in [0.2, 0.25) is 0 Å². The molecule has 2 aromatic heterocycles. The third-order valence-electron chi connectivity index (χ3n) is 4.32. The summed E-state index contributed by atoms with van der Waals surface area (Å²) in [6, 6.07) is 11.9.